The van der Waals surface area contributed by atoms with Gasteiger partial charge in [-0.1, -0.05) is 56.6 Å². The number of benzene rings is 3. The number of amides is 4. The molecule has 4 aliphatic rings. The first-order chi connectivity index (χ1) is 43.5. The highest BCUT2D eigenvalue weighted by Gasteiger charge is 2.53. The van der Waals surface area contributed by atoms with Gasteiger partial charge in [-0.3, -0.25) is 19.4 Å². The Morgan fingerprint density at radius 1 is 0.859 bits per heavy atom. The number of likely N-dealkylation sites (tertiary alicyclic amines) is 1. The molecule has 30 heteroatoms. The van der Waals surface area contributed by atoms with Crippen molar-refractivity contribution in [1.82, 2.24) is 45.4 Å². The molecule has 0 unspecified atom stereocenters. The first-order valence-electron chi connectivity index (χ1n) is 29.8. The van der Waals surface area contributed by atoms with Gasteiger partial charge >= 0.3 is 18.4 Å². The van der Waals surface area contributed by atoms with Crippen LogP contribution in [0.5, 0.6) is 23.3 Å². The van der Waals surface area contributed by atoms with Crippen molar-refractivity contribution in [2.24, 2.45) is 5.41 Å². The van der Waals surface area contributed by atoms with Crippen LogP contribution in [0, 0.1) is 12.3 Å². The highest BCUT2D eigenvalue weighted by Crippen LogP contribution is 2.48. The molecule has 3 aromatic heterocycles. The summed E-state index contributed by atoms with van der Waals surface area (Å²) in [6.45, 7) is 14.0. The summed E-state index contributed by atoms with van der Waals surface area (Å²) in [4.78, 5) is 82.4. The minimum atomic E-state index is -3.98. The SMILES string of the molecule is Cc1ncsc1-c1ccc(CNC(=O)[C@@H]2CCCN2C(=O)[C@@H](NC(=O)C2(F)CC2)C(C)(C)C)c(OCCOCCOc2nc(Nc3cc(S(C)(=O)=O)ccc3N[C@@H](c3cccc4c3OC(F)(F)O4)c3ncccc3Cl)nc(N3CCN(C(=O)OC(C)(C)C)CC3)n2)c1. The molecule has 1 aliphatic carbocycles. The molecule has 1 saturated carbocycles. The van der Waals surface area contributed by atoms with Crippen molar-refractivity contribution in [3.05, 3.63) is 106 Å². The van der Waals surface area contributed by atoms with Crippen molar-refractivity contribution >= 4 is 79.9 Å². The van der Waals surface area contributed by atoms with Gasteiger partial charge in [0.05, 0.1) is 62.3 Å². The number of thiazole rings is 1. The van der Waals surface area contributed by atoms with Crippen LogP contribution in [0.2, 0.25) is 5.02 Å². The van der Waals surface area contributed by atoms with Crippen molar-refractivity contribution in [1.29, 1.82) is 0 Å². The topological polar surface area (TPSA) is 280 Å². The standard InChI is InChI=1S/C62H72ClF3N12O12S2/c1-36-50(91-35-69-36)37-16-17-38(34-68-52(79)44-14-11-23-78(44)53(80)51(59(2,3)4)72-54(81)61(64)20-21-61)46(32-37)86-30-28-85-29-31-87-57-74-55(73-56(75-57)76-24-26-77(27-25-76)58(82)90-60(5,6)7)71-43-33-39(92(8,83)84)18-19-42(43)70-47(48-41(63)13-10-22-67-48)40-12-9-15-45-49(40)89-62(65,66)88-45/h9-10,12-13,15-19,22,32-33,35,44,47,51,70H,11,14,20-21,23-31,34H2,1-8H3,(H,68,79)(H,72,81)(H,71,73,74,75)/t44-,47-,51+/m0/s1. The maximum Gasteiger partial charge on any atom is 0.586 e. The van der Waals surface area contributed by atoms with Crippen LogP contribution >= 0.6 is 22.9 Å². The molecule has 3 aromatic carbocycles. The maximum absolute atomic E-state index is 14.8. The number of alkyl halides is 3. The molecule has 24 nitrogen and oxygen atoms in total. The van der Waals surface area contributed by atoms with E-state index in [4.69, 9.17) is 45.0 Å². The van der Waals surface area contributed by atoms with E-state index in [0.29, 0.717) is 30.7 Å². The highest BCUT2D eigenvalue weighted by molar-refractivity contribution is 7.90. The number of fused-ring (bicyclic) bond motifs is 1. The number of hydrogen-bond acceptors (Lipinski definition) is 21. The Bertz CT molecular complexity index is 3840. The Labute approximate surface area is 539 Å². The van der Waals surface area contributed by atoms with Crippen LogP contribution in [0.15, 0.2) is 83.3 Å². The van der Waals surface area contributed by atoms with E-state index in [1.807, 2.05) is 30.0 Å². The molecule has 0 radical (unpaired) electrons. The number of hydrogen-bond donors (Lipinski definition) is 4. The fourth-order valence-electron chi connectivity index (χ4n) is 10.5. The number of pyridine rings is 1. The second-order valence-electron chi connectivity index (χ2n) is 24.6. The van der Waals surface area contributed by atoms with Crippen molar-refractivity contribution in [3.8, 4) is 33.7 Å². The number of anilines is 4. The van der Waals surface area contributed by atoms with E-state index in [2.05, 4.69) is 41.2 Å². The Balaban J connectivity index is 0.842. The predicted octanol–water partition coefficient (Wildman–Crippen LogP) is 9.19. The lowest BCUT2D eigenvalue weighted by atomic mass is 9.85. The minimum Gasteiger partial charge on any atom is -0.491 e. The molecule has 3 aliphatic heterocycles. The number of aromatic nitrogens is 5. The number of ether oxygens (including phenoxy) is 6. The van der Waals surface area contributed by atoms with Gasteiger partial charge < -0.3 is 64.4 Å². The van der Waals surface area contributed by atoms with Gasteiger partial charge in [-0.2, -0.15) is 15.0 Å². The van der Waals surface area contributed by atoms with Crippen molar-refractivity contribution in [2.75, 3.05) is 80.9 Å². The molecular weight excluding hydrogens is 1260 g/mol. The molecule has 10 rings (SSSR count). The van der Waals surface area contributed by atoms with Crippen molar-refractivity contribution in [2.45, 2.75) is 121 Å². The summed E-state index contributed by atoms with van der Waals surface area (Å²) in [5.74, 6) is -1.68. The van der Waals surface area contributed by atoms with Gasteiger partial charge in [0.25, 0.3) is 5.91 Å². The van der Waals surface area contributed by atoms with Crippen LogP contribution in [0.3, 0.4) is 0 Å². The van der Waals surface area contributed by atoms with E-state index >= 15 is 0 Å². The van der Waals surface area contributed by atoms with Crippen molar-refractivity contribution in [3.63, 3.8) is 0 Å². The molecular formula is C62H72ClF3N12O12S2. The fourth-order valence-corrected chi connectivity index (χ4v) is 12.2. The molecule has 3 atom stereocenters. The largest absolute Gasteiger partial charge is 0.586 e. The van der Waals surface area contributed by atoms with Gasteiger partial charge in [0.15, 0.2) is 27.0 Å². The van der Waals surface area contributed by atoms with Crippen molar-refractivity contribution < 1.29 is 69.2 Å². The van der Waals surface area contributed by atoms with Crippen LogP contribution in [-0.2, 0) is 40.2 Å². The third kappa shape index (κ3) is 16.1. The van der Waals surface area contributed by atoms with Gasteiger partial charge in [-0.25, -0.2) is 22.6 Å². The molecule has 3 fully saturated rings. The number of piperazine rings is 1. The molecule has 0 bridgehead atoms. The van der Waals surface area contributed by atoms with E-state index in [0.717, 1.165) is 22.4 Å². The predicted molar refractivity (Wildman–Crippen MR) is 335 cm³/mol. The fraction of sp³-hybridized carbons (Fsp3) is 0.468. The number of aryl methyl sites for hydroxylation is 1. The number of nitrogens with one attached hydrogen (secondary N) is 4. The summed E-state index contributed by atoms with van der Waals surface area (Å²) in [5, 5.41) is 12.2. The number of nitrogens with zero attached hydrogens (tertiary/aromatic N) is 8. The number of carbonyl (C=O) groups excluding carboxylic acids is 4. The Morgan fingerprint density at radius 3 is 2.29 bits per heavy atom. The first-order valence-corrected chi connectivity index (χ1v) is 33.0. The Hall–Kier alpha value is -8.28. The van der Waals surface area contributed by atoms with Gasteiger partial charge in [0, 0.05) is 62.8 Å². The second kappa shape index (κ2) is 27.1. The normalized spacial score (nSPS) is 17.3. The van der Waals surface area contributed by atoms with Crippen LogP contribution < -0.4 is 45.1 Å². The summed E-state index contributed by atoms with van der Waals surface area (Å²) in [5.41, 5.74) is 1.26. The molecule has 4 N–H and O–H groups in total. The average molecular weight is 1330 g/mol. The van der Waals surface area contributed by atoms with E-state index in [1.54, 1.807) is 64.1 Å². The van der Waals surface area contributed by atoms with Gasteiger partial charge in [-0.15, -0.1) is 20.1 Å². The summed E-state index contributed by atoms with van der Waals surface area (Å²) < 4.78 is 104. The number of para-hydroxylation sites is 1. The van der Waals surface area contributed by atoms with Crippen LogP contribution in [0.4, 0.5) is 41.2 Å². The molecule has 2 saturated heterocycles. The quantitative estimate of drug-likeness (QED) is 0.0435. The Kier molecular flexibility index (Phi) is 19.6. The number of rotatable bonds is 23. The highest BCUT2D eigenvalue weighted by atomic mass is 35.5. The van der Waals surface area contributed by atoms with E-state index in [9.17, 15) is 40.8 Å². The number of halogens is 4. The number of sulfone groups is 1. The van der Waals surface area contributed by atoms with Crippen LogP contribution in [0.1, 0.15) is 95.8 Å². The molecule has 6 heterocycles. The van der Waals surface area contributed by atoms with Gasteiger partial charge in [0.2, 0.25) is 23.7 Å². The zero-order chi connectivity index (χ0) is 65.9. The molecule has 6 aromatic rings. The molecule has 92 heavy (non-hydrogen) atoms. The lowest BCUT2D eigenvalue weighted by Gasteiger charge is -2.35. The smallest absolute Gasteiger partial charge is 0.491 e. The monoisotopic (exact) mass is 1330 g/mol. The van der Waals surface area contributed by atoms with Crippen LogP contribution in [-0.4, -0.2) is 162 Å². The Morgan fingerprint density at radius 2 is 1.61 bits per heavy atom. The summed E-state index contributed by atoms with van der Waals surface area (Å²) >= 11 is 8.19. The summed E-state index contributed by atoms with van der Waals surface area (Å²) in [7, 11) is -3.85. The van der Waals surface area contributed by atoms with E-state index in [1.165, 1.54) is 58.8 Å². The molecule has 4 amide bonds. The third-order valence-corrected chi connectivity index (χ3v) is 17.8. The van der Waals surface area contributed by atoms with Gasteiger partial charge in [-0.05, 0) is 107 Å². The second-order valence-corrected chi connectivity index (χ2v) is 27.9. The number of carbonyl (C=O) groups is 4. The lowest BCUT2D eigenvalue weighted by Crippen LogP contribution is -2.58. The maximum atomic E-state index is 14.8. The van der Waals surface area contributed by atoms with E-state index in [-0.39, 0.29) is 140 Å². The zero-order valence-electron chi connectivity index (χ0n) is 51.9. The summed E-state index contributed by atoms with van der Waals surface area (Å²) in [6, 6.07) is 14.2. The first kappa shape index (κ1) is 66.6. The lowest BCUT2D eigenvalue weighted by molar-refractivity contribution is -0.287. The average Bonchev–Trinajstić information content (AvgIpc) is 1.58. The zero-order valence-corrected chi connectivity index (χ0v) is 54.3. The minimum absolute atomic E-state index is 0.0154. The summed E-state index contributed by atoms with van der Waals surface area (Å²) in [6.07, 6.45) is -0.794. The third-order valence-electron chi connectivity index (χ3n) is 15.4. The molecule has 0 spiro atoms. The van der Waals surface area contributed by atoms with Crippen LogP contribution in [0.25, 0.3) is 10.4 Å². The van der Waals surface area contributed by atoms with E-state index < -0.39 is 68.8 Å². The molecule has 492 valence electrons. The van der Waals surface area contributed by atoms with Gasteiger partial charge in [0.1, 0.15) is 36.6 Å².